The number of hydrogen-bond donors (Lipinski definition) is 1. The van der Waals surface area contributed by atoms with Crippen LogP contribution in [0.4, 0.5) is 0 Å². The highest BCUT2D eigenvalue weighted by Gasteiger charge is 2.39. The van der Waals surface area contributed by atoms with Crippen LogP contribution in [0.5, 0.6) is 0 Å². The molecule has 0 bridgehead atoms. The zero-order valence-electron chi connectivity index (χ0n) is 14.8. The molecule has 4 heteroatoms. The quantitative estimate of drug-likeness (QED) is 0.734. The van der Waals surface area contributed by atoms with Gasteiger partial charge < -0.3 is 15.0 Å². The molecule has 1 aliphatic rings. The fourth-order valence-corrected chi connectivity index (χ4v) is 3.01. The summed E-state index contributed by atoms with van der Waals surface area (Å²) >= 11 is 0. The van der Waals surface area contributed by atoms with E-state index in [1.807, 2.05) is 13.8 Å². The minimum atomic E-state index is -0.598. The van der Waals surface area contributed by atoms with E-state index in [0.29, 0.717) is 17.9 Å². The smallest absolute Gasteiger partial charge is 0.327 e. The zero-order chi connectivity index (χ0) is 16.1. The SMILES string of the molecule is CCCNC(C)(CN1CCC(C(C)(C)C)C1)C(=O)OCC. The standard InChI is InChI=1S/C17H34N2O2/c1-7-10-18-17(6,15(20)21-8-2)13-19-11-9-14(12-19)16(3,4)5/h14,18H,7-13H2,1-6H3. The lowest BCUT2D eigenvalue weighted by atomic mass is 9.80. The van der Waals surface area contributed by atoms with Gasteiger partial charge in [-0.25, -0.2) is 0 Å². The summed E-state index contributed by atoms with van der Waals surface area (Å²) in [6.07, 6.45) is 2.23. The molecular formula is C17H34N2O2. The first kappa shape index (κ1) is 18.4. The topological polar surface area (TPSA) is 41.6 Å². The lowest BCUT2D eigenvalue weighted by Gasteiger charge is -2.33. The molecule has 2 unspecified atom stereocenters. The Labute approximate surface area is 130 Å². The molecule has 0 amide bonds. The third-order valence-electron chi connectivity index (χ3n) is 4.53. The van der Waals surface area contributed by atoms with Crippen LogP contribution in [0, 0.1) is 11.3 Å². The van der Waals surface area contributed by atoms with Gasteiger partial charge in [0.15, 0.2) is 0 Å². The van der Waals surface area contributed by atoms with E-state index in [1.54, 1.807) is 0 Å². The summed E-state index contributed by atoms with van der Waals surface area (Å²) in [6.45, 7) is 17.0. The van der Waals surface area contributed by atoms with Crippen molar-refractivity contribution in [2.75, 3.05) is 32.8 Å². The van der Waals surface area contributed by atoms with Crippen LogP contribution in [0.2, 0.25) is 0 Å². The summed E-state index contributed by atoms with van der Waals surface area (Å²) in [7, 11) is 0. The van der Waals surface area contributed by atoms with Crippen LogP contribution < -0.4 is 5.32 Å². The van der Waals surface area contributed by atoms with Gasteiger partial charge in [0.1, 0.15) is 5.54 Å². The molecule has 124 valence electrons. The number of ether oxygens (including phenoxy) is 1. The number of carbonyl (C=O) groups excluding carboxylic acids is 1. The molecule has 0 aromatic heterocycles. The van der Waals surface area contributed by atoms with E-state index >= 15 is 0 Å². The van der Waals surface area contributed by atoms with Gasteiger partial charge in [0.2, 0.25) is 0 Å². The summed E-state index contributed by atoms with van der Waals surface area (Å²) in [4.78, 5) is 14.7. The Hall–Kier alpha value is -0.610. The van der Waals surface area contributed by atoms with E-state index in [-0.39, 0.29) is 5.97 Å². The maximum absolute atomic E-state index is 12.3. The average Bonchev–Trinajstić information content (AvgIpc) is 2.85. The third kappa shape index (κ3) is 5.26. The van der Waals surface area contributed by atoms with Gasteiger partial charge in [0.25, 0.3) is 0 Å². The van der Waals surface area contributed by atoms with Gasteiger partial charge in [0, 0.05) is 13.1 Å². The molecule has 1 fully saturated rings. The fraction of sp³-hybridized carbons (Fsp3) is 0.941. The van der Waals surface area contributed by atoms with Crippen LogP contribution in [0.25, 0.3) is 0 Å². The molecule has 1 rings (SSSR count). The monoisotopic (exact) mass is 298 g/mol. The molecule has 0 saturated carbocycles. The predicted molar refractivity (Wildman–Crippen MR) is 87.3 cm³/mol. The molecular weight excluding hydrogens is 264 g/mol. The Bertz CT molecular complexity index is 338. The van der Waals surface area contributed by atoms with Crippen LogP contribution in [0.1, 0.15) is 54.4 Å². The highest BCUT2D eigenvalue weighted by atomic mass is 16.5. The first-order valence-electron chi connectivity index (χ1n) is 8.37. The van der Waals surface area contributed by atoms with Gasteiger partial charge >= 0.3 is 5.97 Å². The predicted octanol–water partition coefficient (Wildman–Crippen LogP) is 2.68. The first-order valence-corrected chi connectivity index (χ1v) is 8.37. The number of nitrogens with zero attached hydrogens (tertiary/aromatic N) is 1. The van der Waals surface area contributed by atoms with Crippen molar-refractivity contribution in [1.82, 2.24) is 10.2 Å². The number of esters is 1. The van der Waals surface area contributed by atoms with Crippen molar-refractivity contribution in [3.8, 4) is 0 Å². The Kier molecular flexibility index (Phi) is 6.67. The van der Waals surface area contributed by atoms with E-state index in [0.717, 1.165) is 32.6 Å². The lowest BCUT2D eigenvalue weighted by Crippen LogP contribution is -2.57. The first-order chi connectivity index (χ1) is 9.73. The Morgan fingerprint density at radius 3 is 2.43 bits per heavy atom. The van der Waals surface area contributed by atoms with Crippen molar-refractivity contribution in [3.63, 3.8) is 0 Å². The van der Waals surface area contributed by atoms with Crippen LogP contribution in [0.3, 0.4) is 0 Å². The van der Waals surface area contributed by atoms with Crippen LogP contribution in [-0.4, -0.2) is 49.2 Å². The number of carbonyl (C=O) groups is 1. The molecule has 4 nitrogen and oxygen atoms in total. The van der Waals surface area contributed by atoms with E-state index < -0.39 is 5.54 Å². The van der Waals surface area contributed by atoms with Gasteiger partial charge in [-0.1, -0.05) is 27.7 Å². The van der Waals surface area contributed by atoms with Crippen molar-refractivity contribution in [2.24, 2.45) is 11.3 Å². The van der Waals surface area contributed by atoms with Crippen LogP contribution in [-0.2, 0) is 9.53 Å². The second-order valence-corrected chi connectivity index (χ2v) is 7.57. The molecule has 0 radical (unpaired) electrons. The lowest BCUT2D eigenvalue weighted by molar-refractivity contribution is -0.151. The number of rotatable bonds is 7. The van der Waals surface area contributed by atoms with Gasteiger partial charge in [-0.2, -0.15) is 0 Å². The average molecular weight is 298 g/mol. The number of likely N-dealkylation sites (tertiary alicyclic amines) is 1. The van der Waals surface area contributed by atoms with Crippen molar-refractivity contribution in [1.29, 1.82) is 0 Å². The zero-order valence-corrected chi connectivity index (χ0v) is 14.8. The van der Waals surface area contributed by atoms with Crippen LogP contribution in [0.15, 0.2) is 0 Å². The minimum Gasteiger partial charge on any atom is -0.465 e. The van der Waals surface area contributed by atoms with Crippen molar-refractivity contribution in [3.05, 3.63) is 0 Å². The van der Waals surface area contributed by atoms with Crippen molar-refractivity contribution >= 4 is 5.97 Å². The minimum absolute atomic E-state index is 0.127. The van der Waals surface area contributed by atoms with Crippen molar-refractivity contribution < 1.29 is 9.53 Å². The molecule has 1 heterocycles. The number of nitrogens with one attached hydrogen (secondary N) is 1. The molecule has 0 spiro atoms. The summed E-state index contributed by atoms with van der Waals surface area (Å²) in [6, 6.07) is 0. The van der Waals surface area contributed by atoms with E-state index in [4.69, 9.17) is 4.74 Å². The van der Waals surface area contributed by atoms with Gasteiger partial charge in [-0.3, -0.25) is 4.79 Å². The van der Waals surface area contributed by atoms with E-state index in [2.05, 4.69) is 37.9 Å². The fourth-order valence-electron chi connectivity index (χ4n) is 3.01. The molecule has 0 aromatic rings. The highest BCUT2D eigenvalue weighted by molar-refractivity contribution is 5.80. The van der Waals surface area contributed by atoms with Gasteiger partial charge in [-0.15, -0.1) is 0 Å². The molecule has 1 N–H and O–H groups in total. The summed E-state index contributed by atoms with van der Waals surface area (Å²) < 4.78 is 5.28. The molecule has 1 aliphatic heterocycles. The molecule has 2 atom stereocenters. The van der Waals surface area contributed by atoms with Crippen molar-refractivity contribution in [2.45, 2.75) is 59.9 Å². The Balaban J connectivity index is 2.67. The maximum atomic E-state index is 12.3. The molecule has 21 heavy (non-hydrogen) atoms. The third-order valence-corrected chi connectivity index (χ3v) is 4.53. The van der Waals surface area contributed by atoms with Gasteiger partial charge in [0.05, 0.1) is 6.61 Å². The summed E-state index contributed by atoms with van der Waals surface area (Å²) in [5, 5.41) is 3.39. The second kappa shape index (κ2) is 7.59. The van der Waals surface area contributed by atoms with Crippen LogP contribution >= 0.6 is 0 Å². The van der Waals surface area contributed by atoms with E-state index in [9.17, 15) is 4.79 Å². The second-order valence-electron chi connectivity index (χ2n) is 7.57. The summed E-state index contributed by atoms with van der Waals surface area (Å²) in [5.74, 6) is 0.577. The molecule has 0 aromatic carbocycles. The molecule has 1 saturated heterocycles. The highest BCUT2D eigenvalue weighted by Crippen LogP contribution is 2.34. The summed E-state index contributed by atoms with van der Waals surface area (Å²) in [5.41, 5.74) is -0.259. The van der Waals surface area contributed by atoms with Gasteiger partial charge in [-0.05, 0) is 51.1 Å². The largest absolute Gasteiger partial charge is 0.465 e. The Morgan fingerprint density at radius 1 is 1.29 bits per heavy atom. The normalized spacial score (nSPS) is 23.0. The maximum Gasteiger partial charge on any atom is 0.327 e. The number of hydrogen-bond acceptors (Lipinski definition) is 4. The van der Waals surface area contributed by atoms with E-state index in [1.165, 1.54) is 6.42 Å². The Morgan fingerprint density at radius 2 is 1.95 bits per heavy atom. The molecule has 0 aliphatic carbocycles.